The predicted octanol–water partition coefficient (Wildman–Crippen LogP) is -2.11. The molecule has 1 aromatic heterocycles. The van der Waals surface area contributed by atoms with Gasteiger partial charge in [0.05, 0.1) is 15.8 Å². The molecule has 0 amide bonds. The zero-order valence-corrected chi connectivity index (χ0v) is 14.2. The maximum Gasteiger partial charge on any atom is 1.00 e. The van der Waals surface area contributed by atoms with E-state index < -0.39 is 10.9 Å². The van der Waals surface area contributed by atoms with E-state index in [0.29, 0.717) is 5.56 Å². The normalized spacial score (nSPS) is 10.4. The second kappa shape index (κ2) is 6.49. The number of carbonyl (C=O) groups is 1. The fourth-order valence-corrected chi connectivity index (χ4v) is 2.52. The van der Waals surface area contributed by atoms with Crippen molar-refractivity contribution in [1.82, 2.24) is 4.98 Å². The molecule has 23 heavy (non-hydrogen) atoms. The van der Waals surface area contributed by atoms with Crippen LogP contribution in [0.1, 0.15) is 5.56 Å². The zero-order valence-electron chi connectivity index (χ0n) is 12.2. The van der Waals surface area contributed by atoms with Crippen LogP contribution in [-0.4, -0.2) is 15.9 Å². The monoisotopic (exact) mass is 320 g/mol. The third-order valence-corrected chi connectivity index (χ3v) is 3.46. The molecule has 2 aromatic carbocycles. The molecule has 0 spiro atoms. The minimum atomic E-state index is -1.30. The van der Waals surface area contributed by atoms with Crippen molar-refractivity contribution >= 4 is 33.5 Å². The number of aromatic amines is 1. The third-order valence-electron chi connectivity index (χ3n) is 3.46. The predicted molar refractivity (Wildman–Crippen MR) is 77.4 cm³/mol. The molecular formula is C15H9N2NaO5. The summed E-state index contributed by atoms with van der Waals surface area (Å²) >= 11 is 0. The number of pyridine rings is 1. The second-order valence-electron chi connectivity index (χ2n) is 4.80. The minimum absolute atomic E-state index is 0. The van der Waals surface area contributed by atoms with Gasteiger partial charge in [0.1, 0.15) is 5.52 Å². The van der Waals surface area contributed by atoms with Crippen molar-refractivity contribution in [3.05, 3.63) is 62.3 Å². The fraction of sp³-hybridized carbons (Fsp3) is 0.0667. The number of rotatable bonds is 3. The van der Waals surface area contributed by atoms with Gasteiger partial charge in [-0.2, -0.15) is 0 Å². The topological polar surface area (TPSA) is 116 Å². The first-order valence-electron chi connectivity index (χ1n) is 6.40. The van der Waals surface area contributed by atoms with Gasteiger partial charge in [-0.05, 0) is 17.7 Å². The second-order valence-corrected chi connectivity index (χ2v) is 4.80. The first kappa shape index (κ1) is 17.1. The molecule has 0 unspecified atom stereocenters. The van der Waals surface area contributed by atoms with Crippen molar-refractivity contribution in [2.45, 2.75) is 6.42 Å². The number of nitrogens with zero attached hydrogens (tertiary/aromatic N) is 1. The number of carboxylic acids is 1. The van der Waals surface area contributed by atoms with Crippen LogP contribution in [0.4, 0.5) is 5.69 Å². The quantitative estimate of drug-likeness (QED) is 0.256. The molecule has 7 nitrogen and oxygen atoms in total. The van der Waals surface area contributed by atoms with Gasteiger partial charge in [-0.15, -0.1) is 0 Å². The maximum atomic E-state index is 12.5. The standard InChI is InChI=1S/C15H10N2O5.Na/c18-12(19)7-8-3-1-4-9-13(8)16-14-10(15(9)20)5-2-6-11(14)17(21)22;/h1-6H,7H2,(H,16,20)(H,18,19);/q;+1/p-1. The molecule has 110 valence electrons. The van der Waals surface area contributed by atoms with E-state index >= 15 is 0 Å². The number of non-ortho nitro benzene ring substituents is 1. The molecule has 0 atom stereocenters. The van der Waals surface area contributed by atoms with Crippen LogP contribution in [0.3, 0.4) is 0 Å². The number of aromatic nitrogens is 1. The molecule has 8 heteroatoms. The molecule has 0 saturated carbocycles. The summed E-state index contributed by atoms with van der Waals surface area (Å²) in [6, 6.07) is 8.86. The summed E-state index contributed by atoms with van der Waals surface area (Å²) in [5.74, 6) is -1.30. The maximum absolute atomic E-state index is 12.5. The first-order valence-corrected chi connectivity index (χ1v) is 6.40. The van der Waals surface area contributed by atoms with E-state index in [4.69, 9.17) is 0 Å². The number of benzene rings is 2. The van der Waals surface area contributed by atoms with Gasteiger partial charge in [0.15, 0.2) is 5.43 Å². The third kappa shape index (κ3) is 2.98. The summed E-state index contributed by atoms with van der Waals surface area (Å²) in [6.45, 7) is 0. The van der Waals surface area contributed by atoms with Crippen molar-refractivity contribution in [3.63, 3.8) is 0 Å². The van der Waals surface area contributed by atoms with Gasteiger partial charge < -0.3 is 14.9 Å². The van der Waals surface area contributed by atoms with Crippen LogP contribution in [0.2, 0.25) is 0 Å². The largest absolute Gasteiger partial charge is 1.00 e. The van der Waals surface area contributed by atoms with E-state index in [1.165, 1.54) is 24.3 Å². The van der Waals surface area contributed by atoms with Gasteiger partial charge in [-0.3, -0.25) is 14.9 Å². The van der Waals surface area contributed by atoms with Gasteiger partial charge in [-0.1, -0.05) is 18.2 Å². The summed E-state index contributed by atoms with van der Waals surface area (Å²) in [5.41, 5.74) is 0.0800. The number of carbonyl (C=O) groups excluding carboxylic acids is 1. The van der Waals surface area contributed by atoms with Crippen LogP contribution in [0.25, 0.3) is 21.8 Å². The zero-order chi connectivity index (χ0) is 15.9. The Balaban J connectivity index is 0.00000192. The van der Waals surface area contributed by atoms with Crippen LogP contribution >= 0.6 is 0 Å². The van der Waals surface area contributed by atoms with Crippen molar-refractivity contribution in [2.24, 2.45) is 0 Å². The van der Waals surface area contributed by atoms with E-state index in [1.807, 2.05) is 0 Å². The minimum Gasteiger partial charge on any atom is -0.550 e. The molecule has 1 N–H and O–H groups in total. The smallest absolute Gasteiger partial charge is 0.550 e. The molecule has 3 aromatic rings. The first-order chi connectivity index (χ1) is 10.5. The van der Waals surface area contributed by atoms with Crippen LogP contribution in [0.5, 0.6) is 0 Å². The number of H-pyrrole nitrogens is 1. The van der Waals surface area contributed by atoms with Crippen molar-refractivity contribution in [3.8, 4) is 0 Å². The number of nitrogens with one attached hydrogen (secondary N) is 1. The van der Waals surface area contributed by atoms with Gasteiger partial charge >= 0.3 is 29.6 Å². The number of nitro groups is 1. The Morgan fingerprint density at radius 2 is 1.70 bits per heavy atom. The number of hydrogen-bond acceptors (Lipinski definition) is 5. The summed E-state index contributed by atoms with van der Waals surface area (Å²) in [5, 5.41) is 22.4. The van der Waals surface area contributed by atoms with E-state index in [-0.39, 0.29) is 68.9 Å². The number of aliphatic carboxylic acids is 1. The molecule has 1 heterocycles. The van der Waals surface area contributed by atoms with Crippen LogP contribution in [0, 0.1) is 10.1 Å². The molecule has 3 rings (SSSR count). The summed E-state index contributed by atoms with van der Waals surface area (Å²) in [7, 11) is 0. The molecule has 0 fully saturated rings. The Morgan fingerprint density at radius 1 is 1.09 bits per heavy atom. The van der Waals surface area contributed by atoms with Gasteiger partial charge in [-0.25, -0.2) is 0 Å². The van der Waals surface area contributed by atoms with Gasteiger partial charge in [0, 0.05) is 23.8 Å². The Bertz CT molecular complexity index is 996. The number of fused-ring (bicyclic) bond motifs is 2. The van der Waals surface area contributed by atoms with E-state index in [0.717, 1.165) is 0 Å². The average molecular weight is 320 g/mol. The van der Waals surface area contributed by atoms with E-state index in [9.17, 15) is 24.8 Å². The van der Waals surface area contributed by atoms with E-state index in [1.54, 1.807) is 12.1 Å². The Morgan fingerprint density at radius 3 is 2.30 bits per heavy atom. The number of para-hydroxylation sites is 2. The fourth-order valence-electron chi connectivity index (χ4n) is 2.52. The molecule has 0 aliphatic carbocycles. The van der Waals surface area contributed by atoms with E-state index in [2.05, 4.69) is 4.98 Å². The summed E-state index contributed by atoms with van der Waals surface area (Å²) in [6.07, 6.45) is -0.389. The molecule has 0 saturated heterocycles. The van der Waals surface area contributed by atoms with Gasteiger partial charge in [0.2, 0.25) is 0 Å². The molecule has 0 aliphatic rings. The Kier molecular flexibility index (Phi) is 4.84. The number of nitro benzene ring substituents is 1. The molecule has 0 bridgehead atoms. The number of hydrogen-bond donors (Lipinski definition) is 1. The van der Waals surface area contributed by atoms with Crippen LogP contribution < -0.4 is 40.1 Å². The van der Waals surface area contributed by atoms with Gasteiger partial charge in [0.25, 0.3) is 5.69 Å². The van der Waals surface area contributed by atoms with Crippen molar-refractivity contribution in [2.75, 3.05) is 0 Å². The Labute approximate surface area is 151 Å². The molecule has 0 aliphatic heterocycles. The molecular weight excluding hydrogens is 311 g/mol. The van der Waals surface area contributed by atoms with Crippen molar-refractivity contribution < 1.29 is 44.4 Å². The van der Waals surface area contributed by atoms with Crippen LogP contribution in [0.15, 0.2) is 41.2 Å². The van der Waals surface area contributed by atoms with Crippen molar-refractivity contribution in [1.29, 1.82) is 0 Å². The molecule has 0 radical (unpaired) electrons. The summed E-state index contributed by atoms with van der Waals surface area (Å²) in [4.78, 5) is 36.7. The van der Waals surface area contributed by atoms with Crippen LogP contribution in [-0.2, 0) is 11.2 Å². The average Bonchev–Trinajstić information content (AvgIpc) is 2.47. The SMILES string of the molecule is O=C([O-])Cc1cccc2c(=O)c3cccc([N+](=O)[O-])c3[nH]c12.[Na+]. The number of carboxylic acid groups (broad SMARTS) is 1. The summed E-state index contributed by atoms with van der Waals surface area (Å²) < 4.78 is 0. The Hall–Kier alpha value is -2.22.